The van der Waals surface area contributed by atoms with Crippen molar-refractivity contribution in [2.24, 2.45) is 0 Å². The summed E-state index contributed by atoms with van der Waals surface area (Å²) in [7, 11) is 1.58. The molecular formula is C26H24N2O6. The van der Waals surface area contributed by atoms with Crippen LogP contribution in [-0.4, -0.2) is 30.3 Å². The number of benzene rings is 2. The average Bonchev–Trinajstić information content (AvgIpc) is 3.35. The third-order valence-corrected chi connectivity index (χ3v) is 5.30. The minimum Gasteiger partial charge on any atom is -0.489 e. The number of hydrogen-bond donors (Lipinski definition) is 1. The van der Waals surface area contributed by atoms with Crippen molar-refractivity contribution in [2.75, 3.05) is 13.6 Å². The number of likely N-dealkylation sites (N-methyl/N-ethyl adjacent to an activating group) is 1. The fourth-order valence-electron chi connectivity index (χ4n) is 3.47. The normalized spacial score (nSPS) is 10.8. The Hall–Kier alpha value is -4.33. The highest BCUT2D eigenvalue weighted by atomic mass is 16.5. The average molecular weight is 460 g/mol. The van der Waals surface area contributed by atoms with Crippen LogP contribution >= 0.6 is 0 Å². The molecule has 1 N–H and O–H groups in total. The van der Waals surface area contributed by atoms with Crippen LogP contribution in [0.25, 0.3) is 11.0 Å². The summed E-state index contributed by atoms with van der Waals surface area (Å²) in [6.45, 7) is 2.34. The van der Waals surface area contributed by atoms with E-state index in [-0.39, 0.29) is 31.5 Å². The molecule has 4 rings (SSSR count). The minimum atomic E-state index is -0.401. The van der Waals surface area contributed by atoms with Crippen molar-refractivity contribution in [3.05, 3.63) is 99.8 Å². The van der Waals surface area contributed by atoms with Gasteiger partial charge in [-0.25, -0.2) is 4.79 Å². The van der Waals surface area contributed by atoms with Crippen LogP contribution in [0, 0.1) is 6.92 Å². The second-order valence-electron chi connectivity index (χ2n) is 7.91. The number of nitrogens with one attached hydrogen (secondary N) is 1. The number of fused-ring (bicyclic) bond motifs is 1. The highest BCUT2D eigenvalue weighted by Gasteiger charge is 2.15. The predicted molar refractivity (Wildman–Crippen MR) is 126 cm³/mol. The van der Waals surface area contributed by atoms with E-state index in [0.717, 1.165) is 16.5 Å². The van der Waals surface area contributed by atoms with Crippen LogP contribution in [0.1, 0.15) is 27.2 Å². The van der Waals surface area contributed by atoms with Gasteiger partial charge in [0.15, 0.2) is 0 Å². The second kappa shape index (κ2) is 10.1. The lowest BCUT2D eigenvalue weighted by Gasteiger charge is -2.17. The van der Waals surface area contributed by atoms with E-state index < -0.39 is 5.63 Å². The third kappa shape index (κ3) is 5.53. The number of ether oxygens (including phenoxy) is 1. The molecule has 0 spiro atoms. The van der Waals surface area contributed by atoms with Gasteiger partial charge in [0, 0.05) is 30.1 Å². The number of carbonyl (C=O) groups excluding carboxylic acids is 2. The maximum atomic E-state index is 12.6. The Morgan fingerprint density at radius 3 is 2.59 bits per heavy atom. The Kier molecular flexibility index (Phi) is 6.77. The van der Waals surface area contributed by atoms with Crippen molar-refractivity contribution >= 4 is 22.8 Å². The number of furan rings is 1. The van der Waals surface area contributed by atoms with Crippen molar-refractivity contribution in [3.63, 3.8) is 0 Å². The lowest BCUT2D eigenvalue weighted by atomic mass is 10.1. The van der Waals surface area contributed by atoms with E-state index in [1.165, 1.54) is 17.2 Å². The molecule has 0 aliphatic rings. The molecule has 2 aromatic carbocycles. The molecule has 0 saturated carbocycles. The van der Waals surface area contributed by atoms with Crippen LogP contribution in [-0.2, 0) is 17.9 Å². The molecular weight excluding hydrogens is 436 g/mol. The van der Waals surface area contributed by atoms with Crippen molar-refractivity contribution in [2.45, 2.75) is 20.1 Å². The Morgan fingerprint density at radius 1 is 1.06 bits per heavy atom. The molecule has 4 aromatic rings. The first-order chi connectivity index (χ1) is 16.4. The van der Waals surface area contributed by atoms with Gasteiger partial charge in [-0.15, -0.1) is 0 Å². The Bertz CT molecular complexity index is 1360. The van der Waals surface area contributed by atoms with Crippen molar-refractivity contribution in [3.8, 4) is 5.75 Å². The zero-order chi connectivity index (χ0) is 24.1. The molecule has 0 radical (unpaired) electrons. The van der Waals surface area contributed by atoms with E-state index in [1.807, 2.05) is 19.1 Å². The maximum absolute atomic E-state index is 12.6. The van der Waals surface area contributed by atoms with Gasteiger partial charge in [-0.05, 0) is 54.4 Å². The molecule has 8 nitrogen and oxygen atoms in total. The number of hydrogen-bond acceptors (Lipinski definition) is 6. The molecule has 0 fully saturated rings. The first kappa shape index (κ1) is 22.8. The van der Waals surface area contributed by atoms with Gasteiger partial charge in [-0.3, -0.25) is 9.59 Å². The number of rotatable bonds is 8. The summed E-state index contributed by atoms with van der Waals surface area (Å²) in [5.41, 5.74) is 2.24. The van der Waals surface area contributed by atoms with Crippen LogP contribution in [0.3, 0.4) is 0 Å². The first-order valence-electron chi connectivity index (χ1n) is 10.7. The second-order valence-corrected chi connectivity index (χ2v) is 7.91. The van der Waals surface area contributed by atoms with Gasteiger partial charge >= 0.3 is 5.63 Å². The van der Waals surface area contributed by atoms with Crippen LogP contribution in [0.2, 0.25) is 0 Å². The Balaban J connectivity index is 1.31. The van der Waals surface area contributed by atoms with E-state index >= 15 is 0 Å². The summed E-state index contributed by atoms with van der Waals surface area (Å²) in [5.74, 6) is 0.671. The van der Waals surface area contributed by atoms with Crippen molar-refractivity contribution in [1.29, 1.82) is 0 Å². The van der Waals surface area contributed by atoms with Gasteiger partial charge < -0.3 is 23.8 Å². The molecule has 174 valence electrons. The predicted octanol–water partition coefficient (Wildman–Crippen LogP) is 3.66. The number of carbonyl (C=O) groups is 2. The molecule has 2 aromatic heterocycles. The lowest BCUT2D eigenvalue weighted by Crippen LogP contribution is -2.38. The largest absolute Gasteiger partial charge is 0.489 e. The van der Waals surface area contributed by atoms with Crippen LogP contribution in [0.5, 0.6) is 5.75 Å². The molecule has 0 unspecified atom stereocenters. The van der Waals surface area contributed by atoms with E-state index in [4.69, 9.17) is 13.6 Å². The summed E-state index contributed by atoms with van der Waals surface area (Å²) in [4.78, 5) is 37.7. The van der Waals surface area contributed by atoms with Crippen LogP contribution in [0.15, 0.2) is 80.6 Å². The molecule has 0 bridgehead atoms. The monoisotopic (exact) mass is 460 g/mol. The van der Waals surface area contributed by atoms with Gasteiger partial charge in [0.05, 0.1) is 19.4 Å². The smallest absolute Gasteiger partial charge is 0.336 e. The quantitative estimate of drug-likeness (QED) is 0.403. The molecule has 8 heteroatoms. The molecule has 2 amide bonds. The van der Waals surface area contributed by atoms with E-state index in [1.54, 1.807) is 49.5 Å². The summed E-state index contributed by atoms with van der Waals surface area (Å²) in [6.07, 6.45) is 1.54. The fourth-order valence-corrected chi connectivity index (χ4v) is 3.47. The SMILES string of the molecule is Cc1cc(=O)oc2cc(OCc3ccc(C(=O)N(C)CC(=O)NCc4ccco4)cc3)ccc12. The number of aryl methyl sites for hydroxylation is 1. The molecule has 0 atom stereocenters. The number of nitrogens with zero attached hydrogens (tertiary/aromatic N) is 1. The van der Waals surface area contributed by atoms with Gasteiger partial charge in [0.25, 0.3) is 5.91 Å². The molecule has 0 saturated heterocycles. The summed E-state index contributed by atoms with van der Waals surface area (Å²) in [5, 5.41) is 3.57. The lowest BCUT2D eigenvalue weighted by molar-refractivity contribution is -0.121. The zero-order valence-electron chi connectivity index (χ0n) is 18.9. The fraction of sp³-hybridized carbons (Fsp3) is 0.192. The van der Waals surface area contributed by atoms with Gasteiger partial charge in [-0.1, -0.05) is 12.1 Å². The summed E-state index contributed by atoms with van der Waals surface area (Å²) in [6, 6.07) is 17.3. The molecule has 0 aliphatic carbocycles. The van der Waals surface area contributed by atoms with E-state index in [9.17, 15) is 14.4 Å². The minimum absolute atomic E-state index is 0.0675. The number of amides is 2. The van der Waals surface area contributed by atoms with E-state index in [2.05, 4.69) is 5.32 Å². The standard InChI is InChI=1S/C26H24N2O6/c1-17-12-25(30)34-23-13-20(9-10-22(17)23)33-16-18-5-7-19(8-6-18)26(31)28(2)15-24(29)27-14-21-4-3-11-32-21/h3-13H,14-16H2,1-2H3,(H,27,29). The first-order valence-corrected chi connectivity index (χ1v) is 10.7. The van der Waals surface area contributed by atoms with Crippen molar-refractivity contribution < 1.29 is 23.2 Å². The van der Waals surface area contributed by atoms with Crippen LogP contribution in [0.4, 0.5) is 0 Å². The van der Waals surface area contributed by atoms with Crippen molar-refractivity contribution in [1.82, 2.24) is 10.2 Å². The molecule has 34 heavy (non-hydrogen) atoms. The molecule has 0 aliphatic heterocycles. The Labute approximate surface area is 195 Å². The zero-order valence-corrected chi connectivity index (χ0v) is 18.9. The van der Waals surface area contributed by atoms with Crippen LogP contribution < -0.4 is 15.7 Å². The highest BCUT2D eigenvalue weighted by Crippen LogP contribution is 2.23. The van der Waals surface area contributed by atoms with Gasteiger partial charge in [0.2, 0.25) is 5.91 Å². The van der Waals surface area contributed by atoms with Gasteiger partial charge in [0.1, 0.15) is 23.7 Å². The van der Waals surface area contributed by atoms with Gasteiger partial charge in [-0.2, -0.15) is 0 Å². The maximum Gasteiger partial charge on any atom is 0.336 e. The van der Waals surface area contributed by atoms with E-state index in [0.29, 0.717) is 22.7 Å². The summed E-state index contributed by atoms with van der Waals surface area (Å²) >= 11 is 0. The molecule has 2 heterocycles. The topological polar surface area (TPSA) is 102 Å². The highest BCUT2D eigenvalue weighted by molar-refractivity contribution is 5.96. The Morgan fingerprint density at radius 2 is 1.85 bits per heavy atom. The third-order valence-electron chi connectivity index (χ3n) is 5.30. The summed E-state index contributed by atoms with van der Waals surface area (Å²) < 4.78 is 16.2.